The molecule has 0 aliphatic carbocycles. The molecular formula is C21H23N3O2. The van der Waals surface area contributed by atoms with Gasteiger partial charge in [-0.1, -0.05) is 48.4 Å². The number of hydrogen-bond donors (Lipinski definition) is 3. The van der Waals surface area contributed by atoms with E-state index >= 15 is 0 Å². The first-order chi connectivity index (χ1) is 12.8. The molecular weight excluding hydrogens is 326 g/mol. The van der Waals surface area contributed by atoms with Gasteiger partial charge in [-0.05, 0) is 29.7 Å². The maximum absolute atomic E-state index is 12.6. The van der Waals surface area contributed by atoms with Crippen LogP contribution in [-0.2, 0) is 11.2 Å². The molecule has 26 heavy (non-hydrogen) atoms. The Hall–Kier alpha value is -2.81. The van der Waals surface area contributed by atoms with Crippen LogP contribution in [0.15, 0.2) is 54.6 Å². The Bertz CT molecular complexity index is 753. The van der Waals surface area contributed by atoms with Gasteiger partial charge in [-0.3, -0.25) is 10.2 Å². The molecule has 0 bridgehead atoms. The van der Waals surface area contributed by atoms with E-state index in [0.717, 1.165) is 23.3 Å². The molecule has 1 heterocycles. The molecule has 0 radical (unpaired) electrons. The normalized spacial score (nSPS) is 18.9. The van der Waals surface area contributed by atoms with Gasteiger partial charge < -0.3 is 10.1 Å². The first kappa shape index (κ1) is 18.0. The molecule has 5 heteroatoms. The fourth-order valence-corrected chi connectivity index (χ4v) is 3.06. The van der Waals surface area contributed by atoms with Crippen LogP contribution in [0.1, 0.15) is 17.2 Å². The van der Waals surface area contributed by atoms with Crippen LogP contribution < -0.4 is 20.9 Å². The van der Waals surface area contributed by atoms with Crippen LogP contribution in [0.25, 0.3) is 0 Å². The molecule has 2 aromatic carbocycles. The van der Waals surface area contributed by atoms with Gasteiger partial charge in [0.25, 0.3) is 0 Å². The second kappa shape index (κ2) is 9.04. The van der Waals surface area contributed by atoms with Crippen molar-refractivity contribution in [3.8, 4) is 18.1 Å². The number of carbonyl (C=O) groups is 1. The molecule has 0 aromatic heterocycles. The number of amides is 1. The summed E-state index contributed by atoms with van der Waals surface area (Å²) in [4.78, 5) is 12.6. The smallest absolute Gasteiger partial charge is 0.226 e. The highest BCUT2D eigenvalue weighted by Crippen LogP contribution is 2.24. The highest BCUT2D eigenvalue weighted by molar-refractivity contribution is 5.80. The van der Waals surface area contributed by atoms with E-state index in [0.29, 0.717) is 13.1 Å². The van der Waals surface area contributed by atoms with Crippen molar-refractivity contribution in [2.75, 3.05) is 19.7 Å². The summed E-state index contributed by atoms with van der Waals surface area (Å²) in [5, 5.41) is 3.05. The predicted octanol–water partition coefficient (Wildman–Crippen LogP) is 1.82. The second-order valence-electron chi connectivity index (χ2n) is 6.20. The largest absolute Gasteiger partial charge is 0.481 e. The third-order valence-electron chi connectivity index (χ3n) is 4.44. The van der Waals surface area contributed by atoms with Crippen molar-refractivity contribution < 1.29 is 9.53 Å². The summed E-state index contributed by atoms with van der Waals surface area (Å²) in [7, 11) is 0. The lowest BCUT2D eigenvalue weighted by atomic mass is 9.94. The van der Waals surface area contributed by atoms with E-state index in [1.165, 1.54) is 0 Å². The lowest BCUT2D eigenvalue weighted by molar-refractivity contribution is -0.124. The summed E-state index contributed by atoms with van der Waals surface area (Å²) in [6, 6.07) is 17.8. The highest BCUT2D eigenvalue weighted by Gasteiger charge is 2.33. The van der Waals surface area contributed by atoms with E-state index in [1.807, 2.05) is 54.6 Å². The van der Waals surface area contributed by atoms with Gasteiger partial charge >= 0.3 is 0 Å². The van der Waals surface area contributed by atoms with Crippen LogP contribution in [0.5, 0.6) is 5.75 Å². The van der Waals surface area contributed by atoms with Gasteiger partial charge in [0, 0.05) is 13.1 Å². The van der Waals surface area contributed by atoms with E-state index in [-0.39, 0.29) is 24.5 Å². The standard InChI is InChI=1S/C21H23N3O2/c1-2-14-26-18-10-8-16(9-11-18)12-13-22-21(25)19-15-23-24-20(19)17-6-4-3-5-7-17/h1,3-11,19-20,23-24H,12-15H2,(H,22,25). The van der Waals surface area contributed by atoms with Crippen LogP contribution in [0.4, 0.5) is 0 Å². The van der Waals surface area contributed by atoms with E-state index in [4.69, 9.17) is 11.2 Å². The average molecular weight is 349 g/mol. The zero-order chi connectivity index (χ0) is 18.2. The maximum Gasteiger partial charge on any atom is 0.226 e. The zero-order valence-corrected chi connectivity index (χ0v) is 14.6. The minimum Gasteiger partial charge on any atom is -0.481 e. The van der Waals surface area contributed by atoms with Gasteiger partial charge in [-0.25, -0.2) is 5.43 Å². The summed E-state index contributed by atoms with van der Waals surface area (Å²) in [6.45, 7) is 1.48. The van der Waals surface area contributed by atoms with E-state index in [2.05, 4.69) is 22.1 Å². The molecule has 2 atom stereocenters. The molecule has 1 aliphatic heterocycles. The molecule has 1 amide bonds. The third-order valence-corrected chi connectivity index (χ3v) is 4.44. The van der Waals surface area contributed by atoms with Gasteiger partial charge in [0.2, 0.25) is 5.91 Å². The van der Waals surface area contributed by atoms with Gasteiger partial charge in [-0.15, -0.1) is 6.42 Å². The minimum absolute atomic E-state index is 0.0104. The number of nitrogens with one attached hydrogen (secondary N) is 3. The van der Waals surface area contributed by atoms with Crippen molar-refractivity contribution in [2.24, 2.45) is 5.92 Å². The summed E-state index contributed by atoms with van der Waals surface area (Å²) < 4.78 is 5.35. The molecule has 5 nitrogen and oxygen atoms in total. The Morgan fingerprint density at radius 1 is 1.19 bits per heavy atom. The fourth-order valence-electron chi connectivity index (χ4n) is 3.06. The van der Waals surface area contributed by atoms with Crippen LogP contribution in [-0.4, -0.2) is 25.6 Å². The van der Waals surface area contributed by atoms with Gasteiger partial charge in [-0.2, -0.15) is 0 Å². The van der Waals surface area contributed by atoms with E-state index in [1.54, 1.807) is 0 Å². The van der Waals surface area contributed by atoms with Crippen LogP contribution in [0, 0.1) is 18.3 Å². The number of hydrazine groups is 1. The predicted molar refractivity (Wildman–Crippen MR) is 101 cm³/mol. The van der Waals surface area contributed by atoms with Crippen LogP contribution >= 0.6 is 0 Å². The van der Waals surface area contributed by atoms with E-state index in [9.17, 15) is 4.79 Å². The molecule has 3 N–H and O–H groups in total. The van der Waals surface area contributed by atoms with Crippen molar-refractivity contribution in [3.05, 3.63) is 65.7 Å². The van der Waals surface area contributed by atoms with Crippen molar-refractivity contribution in [2.45, 2.75) is 12.5 Å². The summed E-state index contributed by atoms with van der Waals surface area (Å²) in [5.41, 5.74) is 8.54. The molecule has 134 valence electrons. The quantitative estimate of drug-likeness (QED) is 0.668. The molecule has 3 rings (SSSR count). The Morgan fingerprint density at radius 3 is 2.69 bits per heavy atom. The SMILES string of the molecule is C#CCOc1ccc(CCNC(=O)C2CNNC2c2ccccc2)cc1. The fraction of sp³-hybridized carbons (Fsp3) is 0.286. The third kappa shape index (κ3) is 4.63. The lowest BCUT2D eigenvalue weighted by Crippen LogP contribution is -2.36. The maximum atomic E-state index is 12.6. The van der Waals surface area contributed by atoms with Crippen LogP contribution in [0.2, 0.25) is 0 Å². The Labute approximate surface area is 154 Å². The molecule has 2 aromatic rings. The highest BCUT2D eigenvalue weighted by atomic mass is 16.5. The number of ether oxygens (including phenoxy) is 1. The summed E-state index contributed by atoms with van der Waals surface area (Å²) >= 11 is 0. The van der Waals surface area contributed by atoms with Gasteiger partial charge in [0.05, 0.1) is 12.0 Å². The summed E-state index contributed by atoms with van der Waals surface area (Å²) in [5.74, 6) is 3.13. The first-order valence-electron chi connectivity index (χ1n) is 8.74. The Balaban J connectivity index is 1.48. The van der Waals surface area contributed by atoms with E-state index < -0.39 is 0 Å². The Morgan fingerprint density at radius 2 is 1.96 bits per heavy atom. The number of benzene rings is 2. The molecule has 0 spiro atoms. The lowest BCUT2D eigenvalue weighted by Gasteiger charge is -2.18. The molecule has 2 unspecified atom stereocenters. The molecule has 1 aliphatic rings. The minimum atomic E-state index is -0.128. The number of hydrogen-bond acceptors (Lipinski definition) is 4. The van der Waals surface area contributed by atoms with Gasteiger partial charge in [0.15, 0.2) is 0 Å². The topological polar surface area (TPSA) is 62.4 Å². The first-order valence-corrected chi connectivity index (χ1v) is 8.74. The average Bonchev–Trinajstić information content (AvgIpc) is 3.18. The number of carbonyl (C=O) groups excluding carboxylic acids is 1. The Kier molecular flexibility index (Phi) is 6.26. The van der Waals surface area contributed by atoms with Crippen molar-refractivity contribution in [3.63, 3.8) is 0 Å². The van der Waals surface area contributed by atoms with Gasteiger partial charge in [0.1, 0.15) is 12.4 Å². The molecule has 1 saturated heterocycles. The zero-order valence-electron chi connectivity index (χ0n) is 14.6. The number of terminal acetylenes is 1. The van der Waals surface area contributed by atoms with Crippen molar-refractivity contribution >= 4 is 5.91 Å². The number of rotatable bonds is 7. The molecule has 1 fully saturated rings. The van der Waals surface area contributed by atoms with Crippen molar-refractivity contribution in [1.82, 2.24) is 16.2 Å². The second-order valence-corrected chi connectivity index (χ2v) is 6.20. The molecule has 0 saturated carbocycles. The summed E-state index contributed by atoms with van der Waals surface area (Å²) in [6.07, 6.45) is 5.94. The van der Waals surface area contributed by atoms with Crippen LogP contribution in [0.3, 0.4) is 0 Å². The monoisotopic (exact) mass is 349 g/mol. The van der Waals surface area contributed by atoms with Crippen molar-refractivity contribution in [1.29, 1.82) is 0 Å².